The van der Waals surface area contributed by atoms with Crippen molar-refractivity contribution >= 4 is 29.1 Å². The number of hydrogen-bond donors (Lipinski definition) is 0. The Labute approximate surface area is 199 Å². The number of hydrogen-bond acceptors (Lipinski definition) is 1. The molecule has 3 heteroatoms. The standard InChI is InChI=1S/C30H33NOP/c1-23(2)31(24(3)4)30(32)28-21-14-22-29(28)33(25-15-8-5-9-16-25,26-17-10-6-11-18-26)27-19-12-7-13-20-27/h5-24,29H,1-4H3/q+1/t29-/m1/s1. The molecule has 0 unspecified atom stereocenters. The second-order valence-corrected chi connectivity index (χ2v) is 12.6. The molecule has 0 aliphatic heterocycles. The normalized spacial score (nSPS) is 15.7. The van der Waals surface area contributed by atoms with Gasteiger partial charge in [0.05, 0.1) is 5.57 Å². The molecule has 0 aromatic heterocycles. The molecule has 0 heterocycles. The molecule has 33 heavy (non-hydrogen) atoms. The molecule has 1 aliphatic carbocycles. The molecule has 0 bridgehead atoms. The van der Waals surface area contributed by atoms with Crippen LogP contribution in [-0.4, -0.2) is 28.5 Å². The van der Waals surface area contributed by atoms with Crippen molar-refractivity contribution in [3.63, 3.8) is 0 Å². The summed E-state index contributed by atoms with van der Waals surface area (Å²) in [6, 6.07) is 32.6. The molecule has 0 fully saturated rings. The van der Waals surface area contributed by atoms with Gasteiger partial charge in [-0.3, -0.25) is 4.79 Å². The summed E-state index contributed by atoms with van der Waals surface area (Å²) >= 11 is 0. The number of amides is 1. The van der Waals surface area contributed by atoms with Gasteiger partial charge in [0.25, 0.3) is 5.91 Å². The zero-order valence-electron chi connectivity index (χ0n) is 19.9. The van der Waals surface area contributed by atoms with Crippen molar-refractivity contribution < 1.29 is 4.79 Å². The van der Waals surface area contributed by atoms with Crippen molar-refractivity contribution in [2.45, 2.75) is 45.4 Å². The van der Waals surface area contributed by atoms with Crippen molar-refractivity contribution in [1.82, 2.24) is 4.90 Å². The predicted octanol–water partition coefficient (Wildman–Crippen LogP) is 5.49. The minimum absolute atomic E-state index is 0.0165. The summed E-state index contributed by atoms with van der Waals surface area (Å²) < 4.78 is 0. The lowest BCUT2D eigenvalue weighted by Crippen LogP contribution is -2.46. The van der Waals surface area contributed by atoms with E-state index >= 15 is 0 Å². The summed E-state index contributed by atoms with van der Waals surface area (Å²) in [5.74, 6) is 0.141. The van der Waals surface area contributed by atoms with E-state index in [1.165, 1.54) is 15.9 Å². The lowest BCUT2D eigenvalue weighted by molar-refractivity contribution is -0.130. The van der Waals surface area contributed by atoms with Crippen LogP contribution >= 0.6 is 7.26 Å². The average molecular weight is 455 g/mol. The Bertz CT molecular complexity index is 1030. The molecule has 0 spiro atoms. The lowest BCUT2D eigenvalue weighted by Gasteiger charge is -2.36. The summed E-state index contributed by atoms with van der Waals surface area (Å²) in [4.78, 5) is 16.0. The van der Waals surface area contributed by atoms with E-state index in [1.807, 2.05) is 11.0 Å². The molecule has 0 saturated heterocycles. The second-order valence-electron chi connectivity index (χ2n) is 9.08. The molecular weight excluding hydrogens is 421 g/mol. The molecular formula is C30H33NOP+. The van der Waals surface area contributed by atoms with Crippen LogP contribution in [0.4, 0.5) is 0 Å². The van der Waals surface area contributed by atoms with E-state index in [0.717, 1.165) is 5.57 Å². The number of carbonyl (C=O) groups is 1. The number of benzene rings is 3. The fraction of sp³-hybridized carbons (Fsp3) is 0.233. The molecule has 168 valence electrons. The van der Waals surface area contributed by atoms with Crippen LogP contribution in [0.15, 0.2) is 115 Å². The second kappa shape index (κ2) is 9.89. The van der Waals surface area contributed by atoms with E-state index in [2.05, 4.69) is 131 Å². The molecule has 1 atom stereocenters. The fourth-order valence-corrected chi connectivity index (χ4v) is 9.89. The monoisotopic (exact) mass is 454 g/mol. The maximum absolute atomic E-state index is 14.0. The van der Waals surface area contributed by atoms with E-state index in [1.54, 1.807) is 0 Å². The van der Waals surface area contributed by atoms with Gasteiger partial charge in [0.15, 0.2) is 0 Å². The van der Waals surface area contributed by atoms with Crippen LogP contribution in [-0.2, 0) is 4.79 Å². The summed E-state index contributed by atoms with van der Waals surface area (Å²) in [5, 5.41) is 3.87. The van der Waals surface area contributed by atoms with Crippen LogP contribution in [0.25, 0.3) is 0 Å². The highest BCUT2D eigenvalue weighted by Crippen LogP contribution is 2.63. The van der Waals surface area contributed by atoms with Gasteiger partial charge in [-0.1, -0.05) is 60.7 Å². The van der Waals surface area contributed by atoms with Crippen LogP contribution in [0.1, 0.15) is 27.7 Å². The van der Waals surface area contributed by atoms with Gasteiger partial charge in [-0.05, 0) is 76.2 Å². The molecule has 2 nitrogen and oxygen atoms in total. The lowest BCUT2D eigenvalue weighted by atomic mass is 10.1. The Kier molecular flexibility index (Phi) is 6.96. The van der Waals surface area contributed by atoms with E-state index in [9.17, 15) is 4.79 Å². The Morgan fingerprint density at radius 2 is 1.09 bits per heavy atom. The number of carbonyl (C=O) groups excluding carboxylic acids is 1. The number of rotatable bonds is 7. The van der Waals surface area contributed by atoms with Gasteiger partial charge in [0, 0.05) is 12.1 Å². The molecule has 1 aliphatic rings. The number of allylic oxidation sites excluding steroid dienone is 3. The van der Waals surface area contributed by atoms with Gasteiger partial charge in [-0.25, -0.2) is 0 Å². The summed E-state index contributed by atoms with van der Waals surface area (Å²) in [6.07, 6.45) is 6.39. The van der Waals surface area contributed by atoms with Crippen LogP contribution in [0, 0.1) is 0 Å². The minimum atomic E-state index is -2.21. The van der Waals surface area contributed by atoms with Crippen LogP contribution < -0.4 is 15.9 Å². The van der Waals surface area contributed by atoms with Gasteiger partial charge < -0.3 is 4.90 Å². The summed E-state index contributed by atoms with van der Waals surface area (Å²) in [6.45, 7) is 8.40. The third-order valence-electron chi connectivity index (χ3n) is 6.39. The third-order valence-corrected chi connectivity index (χ3v) is 11.0. The van der Waals surface area contributed by atoms with E-state index in [4.69, 9.17) is 0 Å². The highest BCUT2D eigenvalue weighted by Gasteiger charge is 2.55. The van der Waals surface area contributed by atoms with Crippen molar-refractivity contribution in [1.29, 1.82) is 0 Å². The average Bonchev–Trinajstić information content (AvgIpc) is 3.31. The van der Waals surface area contributed by atoms with Gasteiger partial charge in [0.2, 0.25) is 0 Å². The van der Waals surface area contributed by atoms with Crippen LogP contribution in [0.5, 0.6) is 0 Å². The van der Waals surface area contributed by atoms with Gasteiger partial charge in [-0.15, -0.1) is 0 Å². The Morgan fingerprint density at radius 3 is 1.45 bits per heavy atom. The topological polar surface area (TPSA) is 20.3 Å². The van der Waals surface area contributed by atoms with Crippen molar-refractivity contribution in [3.05, 3.63) is 115 Å². The van der Waals surface area contributed by atoms with E-state index in [-0.39, 0.29) is 23.6 Å². The molecule has 3 aromatic carbocycles. The minimum Gasteiger partial charge on any atom is -0.334 e. The first-order valence-electron chi connectivity index (χ1n) is 11.7. The van der Waals surface area contributed by atoms with Gasteiger partial charge in [0.1, 0.15) is 28.8 Å². The SMILES string of the molecule is CC(C)N(C(=O)C1=CC=C[C@H]1[P+](c1ccccc1)(c1ccccc1)c1ccccc1)C(C)C. The maximum atomic E-state index is 14.0. The zero-order valence-corrected chi connectivity index (χ0v) is 20.8. The molecule has 0 saturated carbocycles. The Balaban J connectivity index is 1.99. The maximum Gasteiger partial charge on any atom is 0.254 e. The molecule has 0 N–H and O–H groups in total. The Hall–Kier alpha value is -2.96. The fourth-order valence-electron chi connectivity index (χ4n) is 5.14. The van der Waals surface area contributed by atoms with E-state index < -0.39 is 7.26 Å². The van der Waals surface area contributed by atoms with Crippen LogP contribution in [0.2, 0.25) is 0 Å². The molecule has 3 aromatic rings. The predicted molar refractivity (Wildman–Crippen MR) is 143 cm³/mol. The smallest absolute Gasteiger partial charge is 0.254 e. The van der Waals surface area contributed by atoms with Crippen molar-refractivity contribution in [3.8, 4) is 0 Å². The van der Waals surface area contributed by atoms with Gasteiger partial charge >= 0.3 is 0 Å². The highest BCUT2D eigenvalue weighted by atomic mass is 31.2. The van der Waals surface area contributed by atoms with Crippen LogP contribution in [0.3, 0.4) is 0 Å². The summed E-state index contributed by atoms with van der Waals surface area (Å²) in [5.41, 5.74) is 0.875. The first-order valence-corrected chi connectivity index (χ1v) is 13.6. The number of nitrogens with zero attached hydrogens (tertiary/aromatic N) is 1. The molecule has 0 radical (unpaired) electrons. The molecule has 1 amide bonds. The highest BCUT2D eigenvalue weighted by molar-refractivity contribution is 7.96. The van der Waals surface area contributed by atoms with E-state index in [0.29, 0.717) is 0 Å². The first kappa shape index (κ1) is 23.2. The Morgan fingerprint density at radius 1 is 0.697 bits per heavy atom. The van der Waals surface area contributed by atoms with Gasteiger partial charge in [-0.2, -0.15) is 0 Å². The molecule has 4 rings (SSSR count). The van der Waals surface area contributed by atoms with Crippen molar-refractivity contribution in [2.24, 2.45) is 0 Å². The zero-order chi connectivity index (χ0) is 23.4. The largest absolute Gasteiger partial charge is 0.334 e. The summed E-state index contributed by atoms with van der Waals surface area (Å²) in [7, 11) is -2.21. The first-order chi connectivity index (χ1) is 16.0. The van der Waals surface area contributed by atoms with Crippen molar-refractivity contribution in [2.75, 3.05) is 0 Å². The third kappa shape index (κ3) is 4.21. The quantitative estimate of drug-likeness (QED) is 0.432.